The van der Waals surface area contributed by atoms with Crippen molar-refractivity contribution in [3.8, 4) is 0 Å². The molecule has 0 aliphatic carbocycles. The van der Waals surface area contributed by atoms with Gasteiger partial charge in [-0.2, -0.15) is 0 Å². The van der Waals surface area contributed by atoms with Crippen molar-refractivity contribution in [3.63, 3.8) is 0 Å². The van der Waals surface area contributed by atoms with E-state index in [1.807, 2.05) is 0 Å². The predicted molar refractivity (Wildman–Crippen MR) is 95.1 cm³/mol. The number of hydrogen-bond acceptors (Lipinski definition) is 5. The first-order valence-corrected chi connectivity index (χ1v) is 7.63. The van der Waals surface area contributed by atoms with Crippen LogP contribution in [0.25, 0.3) is 23.1 Å². The summed E-state index contributed by atoms with van der Waals surface area (Å²) in [6.07, 6.45) is 3.37. The van der Waals surface area contributed by atoms with Crippen molar-refractivity contribution in [2.24, 2.45) is 0 Å². The quantitative estimate of drug-likeness (QED) is 0.569. The number of benzene rings is 2. The minimum Gasteiger partial charge on any atom is -0.395 e. The smallest absolute Gasteiger partial charge is 0.269 e. The Morgan fingerprint density at radius 2 is 1.84 bits per heavy atom. The summed E-state index contributed by atoms with van der Waals surface area (Å²) < 4.78 is 1.41. The molecule has 1 heterocycles. The molecule has 1 N–H and O–H groups in total. The molecule has 0 amide bonds. The lowest BCUT2D eigenvalue weighted by Gasteiger charge is -2.09. The summed E-state index contributed by atoms with van der Waals surface area (Å²) in [5.74, 6) is 0.413. The number of para-hydroxylation sites is 1. The van der Waals surface area contributed by atoms with Gasteiger partial charge >= 0.3 is 0 Å². The van der Waals surface area contributed by atoms with Gasteiger partial charge in [-0.1, -0.05) is 18.2 Å². The van der Waals surface area contributed by atoms with Crippen molar-refractivity contribution in [3.05, 3.63) is 80.4 Å². The second kappa shape index (κ2) is 7.06. The number of non-ortho nitro benzene ring substituents is 1. The number of nitro benzene ring substituents is 1. The van der Waals surface area contributed by atoms with E-state index in [1.54, 1.807) is 48.6 Å². The highest BCUT2D eigenvalue weighted by molar-refractivity contribution is 5.79. The first-order valence-electron chi connectivity index (χ1n) is 7.63. The fraction of sp³-hybridized carbons (Fsp3) is 0.111. The summed E-state index contributed by atoms with van der Waals surface area (Å²) in [6.45, 7) is -0.0467. The molecule has 0 atom stereocenters. The van der Waals surface area contributed by atoms with Gasteiger partial charge in [-0.3, -0.25) is 19.5 Å². The Kier molecular flexibility index (Phi) is 4.67. The Bertz CT molecular complexity index is 1010. The van der Waals surface area contributed by atoms with Gasteiger partial charge < -0.3 is 5.11 Å². The molecule has 0 saturated heterocycles. The minimum absolute atomic E-state index is 0.0122. The van der Waals surface area contributed by atoms with Crippen molar-refractivity contribution in [2.45, 2.75) is 6.54 Å². The molecule has 25 heavy (non-hydrogen) atoms. The van der Waals surface area contributed by atoms with Gasteiger partial charge in [0, 0.05) is 12.1 Å². The fourth-order valence-electron chi connectivity index (χ4n) is 2.51. The first kappa shape index (κ1) is 16.5. The van der Waals surface area contributed by atoms with Crippen LogP contribution < -0.4 is 5.56 Å². The topological polar surface area (TPSA) is 98.3 Å². The summed E-state index contributed by atoms with van der Waals surface area (Å²) >= 11 is 0. The van der Waals surface area contributed by atoms with Crippen LogP contribution in [0.3, 0.4) is 0 Å². The van der Waals surface area contributed by atoms with Gasteiger partial charge in [0.25, 0.3) is 11.2 Å². The average Bonchev–Trinajstić information content (AvgIpc) is 2.63. The minimum atomic E-state index is -0.461. The maximum atomic E-state index is 12.6. The summed E-state index contributed by atoms with van der Waals surface area (Å²) in [6, 6.07) is 13.1. The second-order valence-electron chi connectivity index (χ2n) is 5.35. The SMILES string of the molecule is O=c1c2ccccc2nc(C=Cc2ccc([N+](=O)[O-])cc2)n1CCO. The maximum Gasteiger partial charge on any atom is 0.269 e. The Balaban J connectivity index is 2.03. The Hall–Kier alpha value is -3.32. The van der Waals surface area contributed by atoms with Crippen molar-refractivity contribution < 1.29 is 10.0 Å². The van der Waals surface area contributed by atoms with Crippen molar-refractivity contribution in [2.75, 3.05) is 6.61 Å². The lowest BCUT2D eigenvalue weighted by molar-refractivity contribution is -0.384. The zero-order valence-corrected chi connectivity index (χ0v) is 13.2. The van der Waals surface area contributed by atoms with Gasteiger partial charge in [-0.05, 0) is 35.9 Å². The number of rotatable bonds is 5. The average molecular weight is 337 g/mol. The first-order chi connectivity index (χ1) is 12.1. The zero-order valence-electron chi connectivity index (χ0n) is 13.2. The number of aromatic nitrogens is 2. The molecule has 0 radical (unpaired) electrons. The summed E-state index contributed by atoms with van der Waals surface area (Å²) in [7, 11) is 0. The van der Waals surface area contributed by atoms with Gasteiger partial charge in [0.2, 0.25) is 0 Å². The molecule has 0 aliphatic heterocycles. The molecule has 2 aromatic carbocycles. The summed E-state index contributed by atoms with van der Waals surface area (Å²) in [5.41, 5.74) is 1.11. The summed E-state index contributed by atoms with van der Waals surface area (Å²) in [4.78, 5) is 27.3. The molecule has 0 saturated carbocycles. The van der Waals surface area contributed by atoms with E-state index in [4.69, 9.17) is 0 Å². The molecule has 0 bridgehead atoms. The largest absolute Gasteiger partial charge is 0.395 e. The number of hydrogen-bond donors (Lipinski definition) is 1. The number of fused-ring (bicyclic) bond motifs is 1. The number of nitro groups is 1. The van der Waals surface area contributed by atoms with E-state index >= 15 is 0 Å². The third-order valence-corrected chi connectivity index (χ3v) is 3.74. The van der Waals surface area contributed by atoms with Gasteiger partial charge in [-0.25, -0.2) is 4.98 Å². The van der Waals surface area contributed by atoms with Crippen LogP contribution in [0.15, 0.2) is 53.3 Å². The Morgan fingerprint density at radius 1 is 1.12 bits per heavy atom. The number of aliphatic hydroxyl groups excluding tert-OH is 1. The number of nitrogens with zero attached hydrogens (tertiary/aromatic N) is 3. The predicted octanol–water partition coefficient (Wildman–Crippen LogP) is 2.47. The van der Waals surface area contributed by atoms with Crippen LogP contribution in [-0.2, 0) is 6.54 Å². The third kappa shape index (κ3) is 3.46. The molecule has 126 valence electrons. The van der Waals surface area contributed by atoms with E-state index in [2.05, 4.69) is 4.98 Å². The van der Waals surface area contributed by atoms with Gasteiger partial charge in [0.05, 0.1) is 29.0 Å². The van der Waals surface area contributed by atoms with Crippen LogP contribution in [-0.4, -0.2) is 26.2 Å². The molecular formula is C18H15N3O4. The van der Waals surface area contributed by atoms with E-state index in [-0.39, 0.29) is 24.4 Å². The molecule has 7 nitrogen and oxygen atoms in total. The van der Waals surface area contributed by atoms with E-state index < -0.39 is 4.92 Å². The van der Waals surface area contributed by atoms with Crippen molar-refractivity contribution in [1.29, 1.82) is 0 Å². The van der Waals surface area contributed by atoms with Crippen LogP contribution in [0, 0.1) is 10.1 Å². The molecule has 0 spiro atoms. The normalized spacial score (nSPS) is 11.2. The van der Waals surface area contributed by atoms with Gasteiger partial charge in [0.15, 0.2) is 0 Å². The molecule has 7 heteroatoms. The van der Waals surface area contributed by atoms with Gasteiger partial charge in [-0.15, -0.1) is 0 Å². The highest BCUT2D eigenvalue weighted by Gasteiger charge is 2.08. The van der Waals surface area contributed by atoms with E-state index in [1.165, 1.54) is 16.7 Å². The molecular weight excluding hydrogens is 322 g/mol. The lowest BCUT2D eigenvalue weighted by atomic mass is 10.2. The van der Waals surface area contributed by atoms with E-state index in [9.17, 15) is 20.0 Å². The highest BCUT2D eigenvalue weighted by Crippen LogP contribution is 2.15. The molecule has 1 aromatic heterocycles. The monoisotopic (exact) mass is 337 g/mol. The standard InChI is InChI=1S/C18H15N3O4/c22-12-11-20-17(19-16-4-2-1-3-15(16)18(20)23)10-7-13-5-8-14(9-6-13)21(24)25/h1-10,22H,11-12H2. The van der Waals surface area contributed by atoms with Crippen LogP contribution >= 0.6 is 0 Å². The maximum absolute atomic E-state index is 12.6. The Labute approximate surface area is 142 Å². The Morgan fingerprint density at radius 3 is 2.52 bits per heavy atom. The van der Waals surface area contributed by atoms with Crippen molar-refractivity contribution >= 4 is 28.7 Å². The summed E-state index contributed by atoms with van der Waals surface area (Å²) in [5, 5.41) is 20.4. The number of aliphatic hydroxyl groups is 1. The van der Waals surface area contributed by atoms with E-state index in [0.717, 1.165) is 5.56 Å². The van der Waals surface area contributed by atoms with Crippen LogP contribution in [0.5, 0.6) is 0 Å². The zero-order chi connectivity index (χ0) is 17.8. The van der Waals surface area contributed by atoms with Crippen LogP contribution in [0.1, 0.15) is 11.4 Å². The molecule has 0 fully saturated rings. The van der Waals surface area contributed by atoms with E-state index in [0.29, 0.717) is 16.7 Å². The molecule has 0 unspecified atom stereocenters. The second-order valence-corrected chi connectivity index (χ2v) is 5.35. The molecule has 3 aromatic rings. The molecule has 0 aliphatic rings. The fourth-order valence-corrected chi connectivity index (χ4v) is 2.51. The highest BCUT2D eigenvalue weighted by atomic mass is 16.6. The lowest BCUT2D eigenvalue weighted by Crippen LogP contribution is -2.25. The van der Waals surface area contributed by atoms with Crippen LogP contribution in [0.4, 0.5) is 5.69 Å². The van der Waals surface area contributed by atoms with Crippen LogP contribution in [0.2, 0.25) is 0 Å². The molecule has 3 rings (SSSR count). The van der Waals surface area contributed by atoms with Crippen molar-refractivity contribution in [1.82, 2.24) is 9.55 Å². The third-order valence-electron chi connectivity index (χ3n) is 3.74. The van der Waals surface area contributed by atoms with Gasteiger partial charge in [0.1, 0.15) is 5.82 Å².